The molecule has 3 aromatic rings. The molecule has 0 bridgehead atoms. The maximum Gasteiger partial charge on any atom is 0.0118 e. The molecule has 2 aromatic carbocycles. The van der Waals surface area contributed by atoms with Gasteiger partial charge in [0.25, 0.3) is 0 Å². The van der Waals surface area contributed by atoms with Gasteiger partial charge in [0.2, 0.25) is 0 Å². The summed E-state index contributed by atoms with van der Waals surface area (Å²) >= 11 is 0. The predicted molar refractivity (Wildman–Crippen MR) is 75.1 cm³/mol. The number of fused-ring (bicyclic) bond motifs is 1. The van der Waals surface area contributed by atoms with E-state index < -0.39 is 0 Å². The highest BCUT2D eigenvalue weighted by atomic mass is 31.1. The lowest BCUT2D eigenvalue weighted by Crippen LogP contribution is -1.60. The van der Waals surface area contributed by atoms with Gasteiger partial charge < -0.3 is 5.32 Å². The van der Waals surface area contributed by atoms with E-state index in [4.69, 9.17) is 0 Å². The zero-order valence-electron chi connectivity index (χ0n) is 8.59. The number of rotatable bonds is 2. The summed E-state index contributed by atoms with van der Waals surface area (Å²) in [5.41, 5.74) is 1.06. The third kappa shape index (κ3) is 1.97. The first-order chi connectivity index (χ1) is 7.92. The Balaban J connectivity index is 1.95. The molecular weight excluding hydrogens is 232 g/mol. The monoisotopic (exact) mass is 242 g/mol. The molecule has 0 aliphatic rings. The fourth-order valence-electron chi connectivity index (χ4n) is 1.62. The van der Waals surface area contributed by atoms with Gasteiger partial charge in [0.15, 0.2) is 0 Å². The maximum atomic E-state index is 4.69. The molecule has 16 heavy (non-hydrogen) atoms. The molecule has 1 nitrogen and oxygen atoms in total. The Kier molecular flexibility index (Phi) is 2.66. The molecule has 1 atom stereocenters. The van der Waals surface area contributed by atoms with Crippen LogP contribution in [-0.4, -0.2) is 0 Å². The van der Waals surface area contributed by atoms with Crippen LogP contribution in [0.3, 0.4) is 0 Å². The van der Waals surface area contributed by atoms with Gasteiger partial charge in [-0.15, -0.1) is 13.9 Å². The van der Waals surface area contributed by atoms with Crippen molar-refractivity contribution >= 4 is 37.5 Å². The van der Waals surface area contributed by atoms with Crippen LogP contribution in [-0.2, 0) is 0 Å². The van der Waals surface area contributed by atoms with Crippen molar-refractivity contribution in [1.82, 2.24) is 0 Å². The Morgan fingerprint density at radius 2 is 1.62 bits per heavy atom. The average Bonchev–Trinajstić information content (AvgIpc) is 2.72. The summed E-state index contributed by atoms with van der Waals surface area (Å²) in [6.45, 7) is 0. The quantitative estimate of drug-likeness (QED) is 0.540. The molecule has 1 aromatic heterocycles. The second kappa shape index (κ2) is 4.29. The van der Waals surface area contributed by atoms with Gasteiger partial charge in [-0.05, 0) is 6.07 Å². The molecule has 0 aliphatic heterocycles. The lowest BCUT2D eigenvalue weighted by atomic mass is 10.3. The van der Waals surface area contributed by atoms with Gasteiger partial charge in [-0.25, -0.2) is 0 Å². The van der Waals surface area contributed by atoms with E-state index in [1.165, 1.54) is 23.6 Å². The fourth-order valence-corrected chi connectivity index (χ4v) is 4.46. The van der Waals surface area contributed by atoms with E-state index in [1.807, 2.05) is 18.2 Å². The van der Waals surface area contributed by atoms with E-state index in [0.717, 1.165) is 13.9 Å². The standard InChI is InChI=1S/C13H10NP2/c1-2-6-10(7-3-1)14-13-15-11-8-4-5-9-12(11)16-13/h1-9,15H/q-1. The van der Waals surface area contributed by atoms with Crippen molar-refractivity contribution in [2.24, 2.45) is 0 Å². The molecule has 0 radical (unpaired) electrons. The van der Waals surface area contributed by atoms with E-state index in [-0.39, 0.29) is 0 Å². The van der Waals surface area contributed by atoms with Crippen LogP contribution in [0.2, 0.25) is 0 Å². The minimum Gasteiger partial charge on any atom is -0.651 e. The summed E-state index contributed by atoms with van der Waals surface area (Å²) in [7, 11) is 2.01. The number of hydrogen-bond donors (Lipinski definition) is 0. The molecule has 3 rings (SSSR count). The second-order valence-corrected chi connectivity index (χ2v) is 6.34. The molecule has 0 saturated carbocycles. The lowest BCUT2D eigenvalue weighted by molar-refractivity contribution is 1.70. The Morgan fingerprint density at radius 3 is 2.44 bits per heavy atom. The van der Waals surface area contributed by atoms with Crippen molar-refractivity contribution < 1.29 is 0 Å². The van der Waals surface area contributed by atoms with Gasteiger partial charge >= 0.3 is 0 Å². The van der Waals surface area contributed by atoms with E-state index >= 15 is 0 Å². The normalized spacial score (nSPS) is 11.5. The van der Waals surface area contributed by atoms with Crippen molar-refractivity contribution in [3.8, 4) is 0 Å². The Hall–Kier alpha value is -1.29. The van der Waals surface area contributed by atoms with Crippen LogP contribution in [0.1, 0.15) is 0 Å². The van der Waals surface area contributed by atoms with Crippen molar-refractivity contribution in [3.05, 3.63) is 59.9 Å². The van der Waals surface area contributed by atoms with Crippen LogP contribution >= 0.6 is 16.4 Å². The zero-order valence-corrected chi connectivity index (χ0v) is 10.5. The minimum absolute atomic E-state index is 0.734. The SMILES string of the molecule is c1ccc([N-]c2pc3ccccc3[pH]2)cc1. The summed E-state index contributed by atoms with van der Waals surface area (Å²) in [6.07, 6.45) is 0. The molecular formula is C13H10NP2-. The van der Waals surface area contributed by atoms with Crippen LogP contribution in [0.4, 0.5) is 10.8 Å². The van der Waals surface area contributed by atoms with Gasteiger partial charge in [-0.2, -0.15) is 0 Å². The summed E-state index contributed by atoms with van der Waals surface area (Å²) in [4.78, 5) is 0. The summed E-state index contributed by atoms with van der Waals surface area (Å²) in [6, 6.07) is 18.8. The van der Waals surface area contributed by atoms with E-state index in [0.29, 0.717) is 0 Å². The second-order valence-electron chi connectivity index (χ2n) is 3.52. The Morgan fingerprint density at radius 1 is 0.875 bits per heavy atom. The molecule has 1 heterocycles. The maximum absolute atomic E-state index is 4.69. The van der Waals surface area contributed by atoms with Crippen LogP contribution in [0.15, 0.2) is 54.6 Å². The minimum atomic E-state index is 0.734. The number of hydrogen-bond acceptors (Lipinski definition) is 0. The average molecular weight is 242 g/mol. The van der Waals surface area contributed by atoms with Gasteiger partial charge in [0.05, 0.1) is 0 Å². The van der Waals surface area contributed by atoms with Crippen LogP contribution in [0.25, 0.3) is 15.6 Å². The third-order valence-corrected chi connectivity index (χ3v) is 5.23. The molecule has 0 aliphatic carbocycles. The van der Waals surface area contributed by atoms with Crippen molar-refractivity contribution in [3.63, 3.8) is 0 Å². The molecule has 78 valence electrons. The molecule has 0 saturated heterocycles. The third-order valence-electron chi connectivity index (χ3n) is 2.37. The first-order valence-electron chi connectivity index (χ1n) is 5.13. The first kappa shape index (κ1) is 9.90. The molecule has 0 amide bonds. The van der Waals surface area contributed by atoms with E-state index in [1.54, 1.807) is 0 Å². The highest BCUT2D eigenvalue weighted by Crippen LogP contribution is 2.50. The topological polar surface area (TPSA) is 14.1 Å². The first-order valence-corrected chi connectivity index (χ1v) is 7.03. The Labute approximate surface area is 97.7 Å². The summed E-state index contributed by atoms with van der Waals surface area (Å²) in [5.74, 6) is 0. The van der Waals surface area contributed by atoms with Crippen molar-refractivity contribution in [2.75, 3.05) is 0 Å². The summed E-state index contributed by atoms with van der Waals surface area (Å²) < 4.78 is 0. The molecule has 0 spiro atoms. The van der Waals surface area contributed by atoms with Gasteiger partial charge in [-0.1, -0.05) is 61.9 Å². The number of nitrogens with zero attached hydrogens (tertiary/aromatic N) is 1. The van der Waals surface area contributed by atoms with Gasteiger partial charge in [0.1, 0.15) is 0 Å². The lowest BCUT2D eigenvalue weighted by Gasteiger charge is -2.18. The van der Waals surface area contributed by atoms with Gasteiger partial charge in [-0.3, -0.25) is 0 Å². The number of benzene rings is 2. The highest BCUT2D eigenvalue weighted by Gasteiger charge is 1.93. The molecule has 0 fully saturated rings. The predicted octanol–water partition coefficient (Wildman–Crippen LogP) is 5.79. The molecule has 0 N–H and O–H groups in total. The highest BCUT2D eigenvalue weighted by molar-refractivity contribution is 7.62. The van der Waals surface area contributed by atoms with Crippen molar-refractivity contribution in [1.29, 1.82) is 0 Å². The van der Waals surface area contributed by atoms with E-state index in [9.17, 15) is 0 Å². The van der Waals surface area contributed by atoms with Crippen LogP contribution in [0, 0.1) is 0 Å². The van der Waals surface area contributed by atoms with Crippen LogP contribution < -0.4 is 0 Å². The van der Waals surface area contributed by atoms with Crippen molar-refractivity contribution in [2.45, 2.75) is 0 Å². The largest absolute Gasteiger partial charge is 0.651 e. The van der Waals surface area contributed by atoms with Gasteiger partial charge in [0, 0.05) is 10.2 Å². The zero-order chi connectivity index (χ0) is 10.8. The Bertz CT molecular complexity index is 568. The number of para-hydroxylation sites is 1. The van der Waals surface area contributed by atoms with E-state index in [2.05, 4.69) is 41.7 Å². The van der Waals surface area contributed by atoms with Crippen LogP contribution in [0.5, 0.6) is 0 Å². The smallest absolute Gasteiger partial charge is 0.0118 e. The molecule has 1 unspecified atom stereocenters. The molecule has 3 heteroatoms. The fraction of sp³-hybridized carbons (Fsp3) is 0. The summed E-state index contributed by atoms with van der Waals surface area (Å²) in [5, 5.41) is 8.82.